The first-order valence-corrected chi connectivity index (χ1v) is 13.4. The second-order valence-electron chi connectivity index (χ2n) is 7.52. The molecule has 0 bridgehead atoms. The van der Waals surface area contributed by atoms with Gasteiger partial charge >= 0.3 is 0 Å². The van der Waals surface area contributed by atoms with Crippen molar-refractivity contribution in [3.8, 4) is 40.0 Å². The van der Waals surface area contributed by atoms with Crippen molar-refractivity contribution >= 4 is 36.7 Å². The third-order valence-electron chi connectivity index (χ3n) is 5.17. The lowest BCUT2D eigenvalue weighted by molar-refractivity contribution is 0.345. The molecule has 2 heterocycles. The number of benzene rings is 2. The number of aromatic amines is 1. The lowest BCUT2D eigenvalue weighted by Crippen LogP contribution is -2.12. The van der Waals surface area contributed by atoms with Crippen molar-refractivity contribution in [2.45, 2.75) is 4.90 Å². The van der Waals surface area contributed by atoms with Gasteiger partial charge in [0, 0.05) is 29.3 Å². The molecule has 0 radical (unpaired) electrons. The van der Waals surface area contributed by atoms with Crippen LogP contribution in [0.5, 0.6) is 17.2 Å². The fraction of sp³-hybridized carbons (Fsp3) is 0.208. The van der Waals surface area contributed by atoms with Gasteiger partial charge in [0.1, 0.15) is 34.0 Å². The van der Waals surface area contributed by atoms with Crippen molar-refractivity contribution < 1.29 is 22.6 Å². The first-order chi connectivity index (χ1) is 16.7. The number of nitrogens with one attached hydrogen (secondary N) is 1. The molecule has 2 aromatic heterocycles. The Balaban J connectivity index is 1.91. The number of nitrogens with zero attached hydrogens (tertiary/aromatic N) is 2. The van der Waals surface area contributed by atoms with Gasteiger partial charge in [-0.25, -0.2) is 18.4 Å². The Labute approximate surface area is 210 Å². The van der Waals surface area contributed by atoms with Crippen LogP contribution in [-0.2, 0) is 9.84 Å². The van der Waals surface area contributed by atoms with Gasteiger partial charge in [-0.15, -0.1) is 0 Å². The van der Waals surface area contributed by atoms with Crippen LogP contribution in [-0.4, -0.2) is 55.8 Å². The van der Waals surface area contributed by atoms with E-state index >= 15 is 0 Å². The normalized spacial score (nSPS) is 11.4. The molecule has 0 saturated carbocycles. The van der Waals surface area contributed by atoms with Crippen molar-refractivity contribution in [1.29, 1.82) is 0 Å². The molecule has 0 atom stereocenters. The molecule has 1 N–H and O–H groups in total. The summed E-state index contributed by atoms with van der Waals surface area (Å²) in [6, 6.07) is 13.1. The Morgan fingerprint density at radius 2 is 1.80 bits per heavy atom. The van der Waals surface area contributed by atoms with Crippen molar-refractivity contribution in [2.75, 3.05) is 32.4 Å². The largest absolute Gasteiger partial charge is 0.497 e. The number of fused-ring (bicyclic) bond motifs is 1. The van der Waals surface area contributed by atoms with E-state index in [9.17, 15) is 13.2 Å². The topological polar surface area (TPSA) is 120 Å². The van der Waals surface area contributed by atoms with Gasteiger partial charge < -0.3 is 19.2 Å². The van der Waals surface area contributed by atoms with E-state index in [1.54, 1.807) is 36.4 Å². The molecular weight excluding hydrogens is 538 g/mol. The summed E-state index contributed by atoms with van der Waals surface area (Å²) in [5, 5.41) is 0.885. The molecule has 182 valence electrons. The molecule has 0 saturated heterocycles. The zero-order chi connectivity index (χ0) is 25.2. The number of methoxy groups -OCH3 is 2. The summed E-state index contributed by atoms with van der Waals surface area (Å²) in [7, 11) is -0.452. The number of hydrogen-bond donors (Lipinski definition) is 1. The highest BCUT2D eigenvalue weighted by molar-refractivity contribution is 9.09. The van der Waals surface area contributed by atoms with Gasteiger partial charge in [-0.2, -0.15) is 0 Å². The van der Waals surface area contributed by atoms with E-state index in [1.807, 2.05) is 0 Å². The first-order valence-electron chi connectivity index (χ1n) is 10.4. The lowest BCUT2D eigenvalue weighted by Gasteiger charge is -2.13. The number of rotatable bonds is 8. The van der Waals surface area contributed by atoms with Crippen LogP contribution in [0.2, 0.25) is 0 Å². The smallest absolute Gasteiger partial charge is 0.262 e. The van der Waals surface area contributed by atoms with E-state index in [2.05, 4.69) is 25.9 Å². The molecule has 35 heavy (non-hydrogen) atoms. The molecule has 0 unspecified atom stereocenters. The van der Waals surface area contributed by atoms with Crippen molar-refractivity contribution in [2.24, 2.45) is 0 Å². The van der Waals surface area contributed by atoms with Gasteiger partial charge in [0.05, 0.1) is 31.2 Å². The van der Waals surface area contributed by atoms with Gasteiger partial charge in [-0.3, -0.25) is 4.79 Å². The Kier molecular flexibility index (Phi) is 7.08. The van der Waals surface area contributed by atoms with Gasteiger partial charge in [-0.05, 0) is 24.3 Å². The third kappa shape index (κ3) is 5.15. The zero-order valence-corrected chi connectivity index (χ0v) is 21.6. The van der Waals surface area contributed by atoms with E-state index < -0.39 is 15.4 Å². The summed E-state index contributed by atoms with van der Waals surface area (Å²) in [4.78, 5) is 25.1. The van der Waals surface area contributed by atoms with Crippen LogP contribution in [0.15, 0.2) is 58.2 Å². The van der Waals surface area contributed by atoms with Gasteiger partial charge in [0.2, 0.25) is 0 Å². The predicted molar refractivity (Wildman–Crippen MR) is 137 cm³/mol. The lowest BCUT2D eigenvalue weighted by atomic mass is 10.1. The predicted octanol–water partition coefficient (Wildman–Crippen LogP) is 3.85. The second kappa shape index (κ2) is 10.0. The van der Waals surface area contributed by atoms with Crippen LogP contribution in [0.4, 0.5) is 0 Å². The SMILES string of the molecule is COc1cc(OC)c2c(=O)[nH]c(-c3ccc(OCCBr)c(-c4cccc(S(C)(=O)=O)c4)n3)nc2c1. The maximum Gasteiger partial charge on any atom is 0.262 e. The van der Waals surface area contributed by atoms with Crippen LogP contribution in [0, 0.1) is 0 Å². The summed E-state index contributed by atoms with van der Waals surface area (Å²) >= 11 is 3.34. The van der Waals surface area contributed by atoms with Crippen molar-refractivity contribution in [3.63, 3.8) is 0 Å². The summed E-state index contributed by atoms with van der Waals surface area (Å²) in [5.41, 5.74) is 1.32. The standard InChI is InChI=1S/C24H22BrN3O6S/c1-32-15-12-18-21(20(13-15)33-2)24(29)28-23(27-18)17-7-8-19(34-10-9-25)22(26-17)14-5-4-6-16(11-14)35(3,30)31/h4-8,11-13H,9-10H2,1-3H3,(H,27,28,29). The molecule has 0 fully saturated rings. The minimum absolute atomic E-state index is 0.157. The Hall–Kier alpha value is -3.44. The maximum absolute atomic E-state index is 12.9. The van der Waals surface area contributed by atoms with Crippen LogP contribution < -0.4 is 19.8 Å². The summed E-state index contributed by atoms with van der Waals surface area (Å²) in [6.45, 7) is 0.379. The molecule has 11 heteroatoms. The van der Waals surface area contributed by atoms with E-state index in [-0.39, 0.29) is 16.1 Å². The van der Waals surface area contributed by atoms with Crippen LogP contribution in [0.1, 0.15) is 0 Å². The summed E-state index contributed by atoms with van der Waals surface area (Å²) in [5.74, 6) is 1.52. The number of H-pyrrole nitrogens is 1. The minimum Gasteiger partial charge on any atom is -0.497 e. The van der Waals surface area contributed by atoms with Crippen LogP contribution in [0.3, 0.4) is 0 Å². The molecule has 4 aromatic rings. The molecule has 4 rings (SSSR count). The first kappa shape index (κ1) is 24.7. The molecule has 0 aliphatic rings. The van der Waals surface area contributed by atoms with Crippen molar-refractivity contribution in [3.05, 3.63) is 58.9 Å². The van der Waals surface area contributed by atoms with E-state index in [4.69, 9.17) is 19.2 Å². The number of alkyl halides is 1. The molecular formula is C24H22BrN3O6S. The quantitative estimate of drug-likeness (QED) is 0.323. The third-order valence-corrected chi connectivity index (χ3v) is 6.61. The highest BCUT2D eigenvalue weighted by Crippen LogP contribution is 2.33. The number of pyridine rings is 1. The highest BCUT2D eigenvalue weighted by atomic mass is 79.9. The summed E-state index contributed by atoms with van der Waals surface area (Å²) < 4.78 is 40.7. The Morgan fingerprint density at radius 3 is 2.49 bits per heavy atom. The average molecular weight is 560 g/mol. The molecule has 9 nitrogen and oxygen atoms in total. The average Bonchev–Trinajstić information content (AvgIpc) is 2.86. The fourth-order valence-corrected chi connectivity index (χ4v) is 4.36. The van der Waals surface area contributed by atoms with E-state index in [0.29, 0.717) is 51.7 Å². The fourth-order valence-electron chi connectivity index (χ4n) is 3.54. The minimum atomic E-state index is -3.43. The molecule has 0 amide bonds. The molecule has 0 aliphatic carbocycles. The van der Waals surface area contributed by atoms with Gasteiger partial charge in [-0.1, -0.05) is 28.1 Å². The monoisotopic (exact) mass is 559 g/mol. The van der Waals surface area contributed by atoms with Crippen LogP contribution in [0.25, 0.3) is 33.7 Å². The molecule has 2 aromatic carbocycles. The summed E-state index contributed by atoms with van der Waals surface area (Å²) in [6.07, 6.45) is 1.14. The van der Waals surface area contributed by atoms with E-state index in [0.717, 1.165) is 6.26 Å². The number of halogens is 1. The molecule has 0 spiro atoms. The second-order valence-corrected chi connectivity index (χ2v) is 10.3. The number of hydrogen-bond acceptors (Lipinski definition) is 8. The molecule has 0 aliphatic heterocycles. The Bertz CT molecular complexity index is 1570. The van der Waals surface area contributed by atoms with E-state index in [1.165, 1.54) is 26.4 Å². The zero-order valence-electron chi connectivity index (χ0n) is 19.2. The van der Waals surface area contributed by atoms with Gasteiger partial charge in [0.25, 0.3) is 5.56 Å². The number of sulfone groups is 1. The maximum atomic E-state index is 12.9. The van der Waals surface area contributed by atoms with Gasteiger partial charge in [0.15, 0.2) is 15.7 Å². The highest BCUT2D eigenvalue weighted by Gasteiger charge is 2.17. The number of ether oxygens (including phenoxy) is 3. The Morgan fingerprint density at radius 1 is 1.00 bits per heavy atom. The van der Waals surface area contributed by atoms with Crippen molar-refractivity contribution in [1.82, 2.24) is 15.0 Å². The number of aromatic nitrogens is 3. The van der Waals surface area contributed by atoms with Crippen LogP contribution >= 0.6 is 15.9 Å².